The van der Waals surface area contributed by atoms with E-state index in [1.165, 1.54) is 6.07 Å². The maximum absolute atomic E-state index is 9.22. The summed E-state index contributed by atoms with van der Waals surface area (Å²) in [4.78, 5) is 0. The lowest BCUT2D eigenvalue weighted by molar-refractivity contribution is 0.0956. The van der Waals surface area contributed by atoms with Crippen LogP contribution in [0.1, 0.15) is 5.56 Å². The zero-order chi connectivity index (χ0) is 9.84. The van der Waals surface area contributed by atoms with Crippen molar-refractivity contribution < 1.29 is 15.3 Å². The van der Waals surface area contributed by atoms with Gasteiger partial charge in [-0.25, -0.2) is 0 Å². The molecule has 0 aliphatic heterocycles. The minimum absolute atomic E-state index is 0.00244. The molecule has 4 heteroatoms. The van der Waals surface area contributed by atoms with E-state index in [4.69, 9.17) is 15.9 Å². The fraction of sp³-hybridized carbons (Fsp3) is 0.333. The van der Waals surface area contributed by atoms with E-state index in [2.05, 4.69) is 0 Å². The van der Waals surface area contributed by atoms with Gasteiger partial charge in [0.05, 0.1) is 18.4 Å². The molecule has 0 saturated carbocycles. The molecule has 1 atom stereocenters. The molecule has 72 valence electrons. The van der Waals surface area contributed by atoms with Gasteiger partial charge in [-0.2, -0.15) is 0 Å². The Bertz CT molecular complexity index is 288. The molecule has 0 aliphatic rings. The van der Waals surface area contributed by atoms with Crippen molar-refractivity contribution in [2.75, 3.05) is 12.3 Å². The molecule has 0 spiro atoms. The van der Waals surface area contributed by atoms with Crippen LogP contribution in [0.3, 0.4) is 0 Å². The molecule has 0 aromatic heterocycles. The van der Waals surface area contributed by atoms with E-state index in [0.29, 0.717) is 5.56 Å². The molecule has 0 aliphatic carbocycles. The summed E-state index contributed by atoms with van der Waals surface area (Å²) in [5.41, 5.74) is 6.44. The number of phenols is 1. The maximum Gasteiger partial charge on any atom is 0.138 e. The number of hydrogen-bond donors (Lipinski definition) is 4. The van der Waals surface area contributed by atoms with Crippen molar-refractivity contribution in [2.45, 2.75) is 12.5 Å². The Morgan fingerprint density at radius 2 is 2.08 bits per heavy atom. The van der Waals surface area contributed by atoms with Gasteiger partial charge >= 0.3 is 0 Å². The predicted octanol–water partition coefficient (Wildman–Crippen LogP) is -0.130. The zero-order valence-electron chi connectivity index (χ0n) is 7.14. The Kier molecular flexibility index (Phi) is 3.11. The number of aliphatic hydroxyl groups excluding tert-OH is 2. The Morgan fingerprint density at radius 1 is 1.38 bits per heavy atom. The predicted molar refractivity (Wildman–Crippen MR) is 49.3 cm³/mol. The van der Waals surface area contributed by atoms with Gasteiger partial charge in [0.25, 0.3) is 0 Å². The standard InChI is InChI=1S/C9H13NO3/c10-9-6(4-7(12)5-11)2-1-3-8(9)13/h1-3,7,11-13H,4-5,10H2. The number of aliphatic hydroxyl groups is 2. The Balaban J connectivity index is 2.83. The molecule has 1 aromatic rings. The van der Waals surface area contributed by atoms with Crippen LogP contribution in [-0.4, -0.2) is 28.0 Å². The normalized spacial score (nSPS) is 12.8. The quantitative estimate of drug-likeness (QED) is 0.388. The molecular weight excluding hydrogens is 170 g/mol. The van der Waals surface area contributed by atoms with Crippen molar-refractivity contribution in [3.63, 3.8) is 0 Å². The SMILES string of the molecule is Nc1c(O)cccc1CC(O)CO. The Labute approximate surface area is 76.2 Å². The van der Waals surface area contributed by atoms with Crippen LogP contribution in [0.15, 0.2) is 18.2 Å². The molecule has 0 fully saturated rings. The first-order valence-electron chi connectivity index (χ1n) is 4.00. The van der Waals surface area contributed by atoms with Gasteiger partial charge in [-0.3, -0.25) is 0 Å². The summed E-state index contributed by atoms with van der Waals surface area (Å²) >= 11 is 0. The number of anilines is 1. The molecule has 1 unspecified atom stereocenters. The van der Waals surface area contributed by atoms with Gasteiger partial charge < -0.3 is 21.1 Å². The summed E-state index contributed by atoms with van der Waals surface area (Å²) in [6.45, 7) is -0.310. The fourth-order valence-electron chi connectivity index (χ4n) is 1.10. The van der Waals surface area contributed by atoms with Crippen LogP contribution >= 0.6 is 0 Å². The highest BCUT2D eigenvalue weighted by atomic mass is 16.3. The highest BCUT2D eigenvalue weighted by Gasteiger charge is 2.08. The molecule has 13 heavy (non-hydrogen) atoms. The van der Waals surface area contributed by atoms with Crippen LogP contribution in [0.25, 0.3) is 0 Å². The number of nitrogen functional groups attached to an aromatic ring is 1. The second kappa shape index (κ2) is 4.11. The minimum Gasteiger partial charge on any atom is -0.506 e. The molecule has 0 heterocycles. The lowest BCUT2D eigenvalue weighted by Crippen LogP contribution is -2.15. The Hall–Kier alpha value is -1.26. The average Bonchev–Trinajstić information content (AvgIpc) is 2.13. The molecule has 1 aromatic carbocycles. The van der Waals surface area contributed by atoms with Gasteiger partial charge in [0.15, 0.2) is 0 Å². The van der Waals surface area contributed by atoms with Crippen LogP contribution in [-0.2, 0) is 6.42 Å². The molecule has 4 nitrogen and oxygen atoms in total. The number of para-hydroxylation sites is 1. The average molecular weight is 183 g/mol. The third-order valence-corrected chi connectivity index (χ3v) is 1.84. The zero-order valence-corrected chi connectivity index (χ0v) is 7.14. The van der Waals surface area contributed by atoms with Crippen LogP contribution in [0.5, 0.6) is 5.75 Å². The van der Waals surface area contributed by atoms with Crippen molar-refractivity contribution in [1.29, 1.82) is 0 Å². The van der Waals surface area contributed by atoms with Gasteiger partial charge in [0.2, 0.25) is 0 Å². The van der Waals surface area contributed by atoms with Crippen molar-refractivity contribution >= 4 is 5.69 Å². The maximum atomic E-state index is 9.22. The monoisotopic (exact) mass is 183 g/mol. The Morgan fingerprint density at radius 3 is 2.69 bits per heavy atom. The van der Waals surface area contributed by atoms with Crippen molar-refractivity contribution in [3.8, 4) is 5.75 Å². The van der Waals surface area contributed by atoms with Crippen molar-refractivity contribution in [1.82, 2.24) is 0 Å². The van der Waals surface area contributed by atoms with Crippen molar-refractivity contribution in [2.24, 2.45) is 0 Å². The van der Waals surface area contributed by atoms with E-state index in [0.717, 1.165) is 0 Å². The number of hydrogen-bond acceptors (Lipinski definition) is 4. The van der Waals surface area contributed by atoms with E-state index in [-0.39, 0.29) is 24.5 Å². The van der Waals surface area contributed by atoms with Gasteiger partial charge in [-0.15, -0.1) is 0 Å². The number of aromatic hydroxyl groups is 1. The molecule has 5 N–H and O–H groups in total. The highest BCUT2D eigenvalue weighted by molar-refractivity contribution is 5.57. The summed E-state index contributed by atoms with van der Waals surface area (Å²) in [5.74, 6) is 0.00244. The van der Waals surface area contributed by atoms with Gasteiger partial charge in [-0.1, -0.05) is 12.1 Å². The third kappa shape index (κ3) is 2.34. The molecular formula is C9H13NO3. The summed E-state index contributed by atoms with van der Waals surface area (Å²) in [6, 6.07) is 4.82. The summed E-state index contributed by atoms with van der Waals surface area (Å²) in [6.07, 6.45) is -0.583. The molecule has 0 bridgehead atoms. The second-order valence-corrected chi connectivity index (χ2v) is 2.89. The molecule has 1 rings (SSSR count). The van der Waals surface area contributed by atoms with E-state index < -0.39 is 6.10 Å². The van der Waals surface area contributed by atoms with E-state index in [9.17, 15) is 5.11 Å². The fourth-order valence-corrected chi connectivity index (χ4v) is 1.10. The van der Waals surface area contributed by atoms with Crippen molar-refractivity contribution in [3.05, 3.63) is 23.8 Å². The number of phenolic OH excluding ortho intramolecular Hbond substituents is 1. The van der Waals surface area contributed by atoms with E-state index in [1.54, 1.807) is 12.1 Å². The van der Waals surface area contributed by atoms with Crippen LogP contribution in [0.4, 0.5) is 5.69 Å². The van der Waals surface area contributed by atoms with Gasteiger partial charge in [0.1, 0.15) is 5.75 Å². The third-order valence-electron chi connectivity index (χ3n) is 1.84. The van der Waals surface area contributed by atoms with Crippen LogP contribution < -0.4 is 5.73 Å². The summed E-state index contributed by atoms with van der Waals surface area (Å²) < 4.78 is 0. The molecule has 0 saturated heterocycles. The first-order valence-corrected chi connectivity index (χ1v) is 4.00. The van der Waals surface area contributed by atoms with Gasteiger partial charge in [-0.05, 0) is 11.6 Å². The number of nitrogens with two attached hydrogens (primary N) is 1. The summed E-state index contributed by atoms with van der Waals surface area (Å²) in [5, 5.41) is 27.0. The molecule has 0 radical (unpaired) electrons. The first kappa shape index (κ1) is 9.83. The lowest BCUT2D eigenvalue weighted by atomic mass is 10.1. The number of rotatable bonds is 3. The summed E-state index contributed by atoms with van der Waals surface area (Å²) in [7, 11) is 0. The van der Waals surface area contributed by atoms with E-state index >= 15 is 0 Å². The topological polar surface area (TPSA) is 86.7 Å². The van der Waals surface area contributed by atoms with Crippen LogP contribution in [0, 0.1) is 0 Å². The second-order valence-electron chi connectivity index (χ2n) is 2.89. The van der Waals surface area contributed by atoms with Gasteiger partial charge in [0, 0.05) is 6.42 Å². The first-order chi connectivity index (χ1) is 6.15. The molecule has 0 amide bonds. The largest absolute Gasteiger partial charge is 0.506 e. The number of benzene rings is 1. The highest BCUT2D eigenvalue weighted by Crippen LogP contribution is 2.24. The van der Waals surface area contributed by atoms with Crippen LogP contribution in [0.2, 0.25) is 0 Å². The lowest BCUT2D eigenvalue weighted by Gasteiger charge is -2.10. The van der Waals surface area contributed by atoms with E-state index in [1.807, 2.05) is 0 Å². The smallest absolute Gasteiger partial charge is 0.138 e. The minimum atomic E-state index is -0.830.